The molecule has 4 aliphatic rings. The fraction of sp³-hybridized carbons (Fsp3) is 0.500. The summed E-state index contributed by atoms with van der Waals surface area (Å²) in [6.45, 7) is 5.94. The highest BCUT2D eigenvalue weighted by Crippen LogP contribution is 2.51. The van der Waals surface area contributed by atoms with E-state index in [1.807, 2.05) is 0 Å². The van der Waals surface area contributed by atoms with Gasteiger partial charge in [0.2, 0.25) is 0 Å². The van der Waals surface area contributed by atoms with Gasteiger partial charge >= 0.3 is 6.01 Å². The topological polar surface area (TPSA) is 101 Å². The Labute approximate surface area is 275 Å². The number of fused-ring (bicyclic) bond motifs is 4. The molecule has 46 heavy (non-hydrogen) atoms. The van der Waals surface area contributed by atoms with E-state index in [1.54, 1.807) is 0 Å². The van der Waals surface area contributed by atoms with E-state index in [0.717, 1.165) is 82.3 Å². The van der Waals surface area contributed by atoms with Crippen molar-refractivity contribution in [3.05, 3.63) is 34.4 Å². The Hall–Kier alpha value is -3.46. The van der Waals surface area contributed by atoms with Crippen LogP contribution in [0.5, 0.6) is 11.8 Å². The molecule has 0 amide bonds. The largest absolute Gasteiger partial charge is 0.491 e. The van der Waals surface area contributed by atoms with Crippen molar-refractivity contribution in [2.45, 2.75) is 69.9 Å². The first kappa shape index (κ1) is 29.9. The molecule has 3 saturated heterocycles. The number of halogens is 3. The van der Waals surface area contributed by atoms with Gasteiger partial charge in [-0.3, -0.25) is 4.90 Å². The molecule has 4 aromatic rings. The molecule has 0 aliphatic carbocycles. The molecular formula is C34H35ClF2N6O2S. The summed E-state index contributed by atoms with van der Waals surface area (Å²) >= 11 is 8.04. The van der Waals surface area contributed by atoms with E-state index in [1.165, 1.54) is 12.1 Å². The van der Waals surface area contributed by atoms with Crippen LogP contribution < -0.4 is 20.1 Å². The first-order valence-electron chi connectivity index (χ1n) is 16.2. The summed E-state index contributed by atoms with van der Waals surface area (Å²) in [7, 11) is 0. The van der Waals surface area contributed by atoms with Crippen LogP contribution in [0.15, 0.2) is 12.1 Å². The van der Waals surface area contributed by atoms with Crippen molar-refractivity contribution in [1.82, 2.24) is 14.9 Å². The molecule has 0 bridgehead atoms. The highest BCUT2D eigenvalue weighted by atomic mass is 35.5. The lowest BCUT2D eigenvalue weighted by molar-refractivity contribution is 0.107. The lowest BCUT2D eigenvalue weighted by Crippen LogP contribution is -2.43. The van der Waals surface area contributed by atoms with Crippen molar-refractivity contribution < 1.29 is 18.3 Å². The minimum absolute atomic E-state index is 0.0164. The lowest BCUT2D eigenvalue weighted by atomic mass is 9.92. The van der Waals surface area contributed by atoms with Gasteiger partial charge in [0, 0.05) is 36.5 Å². The van der Waals surface area contributed by atoms with Crippen molar-refractivity contribution in [2.75, 3.05) is 43.5 Å². The van der Waals surface area contributed by atoms with Crippen molar-refractivity contribution in [1.29, 1.82) is 5.26 Å². The van der Waals surface area contributed by atoms with Crippen molar-refractivity contribution >= 4 is 54.7 Å². The van der Waals surface area contributed by atoms with Crippen LogP contribution in [0.3, 0.4) is 0 Å². The molecule has 2 aromatic carbocycles. The number of hydrogen-bond donors (Lipinski definition) is 1. The number of thiophene rings is 1. The van der Waals surface area contributed by atoms with Crippen LogP contribution in [0.1, 0.15) is 63.9 Å². The summed E-state index contributed by atoms with van der Waals surface area (Å²) in [5, 5.41) is 10.8. The van der Waals surface area contributed by atoms with Gasteiger partial charge in [-0.15, -0.1) is 11.3 Å². The number of ether oxygens (including phenoxy) is 2. The molecule has 8 nitrogen and oxygen atoms in total. The van der Waals surface area contributed by atoms with Crippen molar-refractivity contribution in [2.24, 2.45) is 5.92 Å². The van der Waals surface area contributed by atoms with E-state index < -0.39 is 11.6 Å². The van der Waals surface area contributed by atoms with Gasteiger partial charge in [-0.1, -0.05) is 37.4 Å². The molecule has 0 spiro atoms. The molecule has 2 N–H and O–H groups in total. The second kappa shape index (κ2) is 11.4. The summed E-state index contributed by atoms with van der Waals surface area (Å²) in [6, 6.07) is 5.05. The average Bonchev–Trinajstić information content (AvgIpc) is 3.61. The van der Waals surface area contributed by atoms with Crippen LogP contribution in [0.2, 0.25) is 5.02 Å². The van der Waals surface area contributed by atoms with E-state index in [0.29, 0.717) is 30.3 Å². The number of hydrogen-bond acceptors (Lipinski definition) is 9. The maximum absolute atomic E-state index is 17.2. The van der Waals surface area contributed by atoms with E-state index in [2.05, 4.69) is 22.8 Å². The van der Waals surface area contributed by atoms with Crippen LogP contribution in [-0.2, 0) is 0 Å². The van der Waals surface area contributed by atoms with E-state index in [-0.39, 0.29) is 65.7 Å². The number of nitrogens with zero attached hydrogens (tertiary/aromatic N) is 5. The van der Waals surface area contributed by atoms with Crippen LogP contribution in [0.4, 0.5) is 19.6 Å². The summed E-state index contributed by atoms with van der Waals surface area (Å²) in [5.74, 6) is 0.170. The summed E-state index contributed by atoms with van der Waals surface area (Å²) in [6.07, 6.45) is 8.13. The zero-order valence-electron chi connectivity index (χ0n) is 25.7. The second-order valence-electron chi connectivity index (χ2n) is 13.3. The van der Waals surface area contributed by atoms with Gasteiger partial charge in [-0.05, 0) is 56.2 Å². The van der Waals surface area contributed by atoms with Gasteiger partial charge in [0.05, 0.1) is 32.8 Å². The minimum Gasteiger partial charge on any atom is -0.491 e. The Morgan fingerprint density at radius 1 is 1.17 bits per heavy atom. The molecular weight excluding hydrogens is 630 g/mol. The molecule has 2 aromatic heterocycles. The van der Waals surface area contributed by atoms with Gasteiger partial charge in [0.25, 0.3) is 0 Å². The number of anilines is 2. The van der Waals surface area contributed by atoms with Crippen molar-refractivity contribution in [3.63, 3.8) is 0 Å². The molecule has 2 unspecified atom stereocenters. The van der Waals surface area contributed by atoms with Gasteiger partial charge in [0.1, 0.15) is 34.8 Å². The lowest BCUT2D eigenvalue weighted by Gasteiger charge is -2.35. The number of aromatic nitrogens is 2. The molecule has 0 saturated carbocycles. The second-order valence-corrected chi connectivity index (χ2v) is 14.8. The number of nitriles is 1. The van der Waals surface area contributed by atoms with Crippen LogP contribution >= 0.6 is 22.9 Å². The molecule has 240 valence electrons. The zero-order chi connectivity index (χ0) is 31.7. The Kier molecular flexibility index (Phi) is 7.38. The smallest absolute Gasteiger partial charge is 0.319 e. The van der Waals surface area contributed by atoms with Gasteiger partial charge in [-0.25, -0.2) is 8.78 Å². The molecule has 6 heterocycles. The van der Waals surface area contributed by atoms with E-state index in [4.69, 9.17) is 36.8 Å². The number of nitrogens with two attached hydrogens (primary N) is 1. The predicted molar refractivity (Wildman–Crippen MR) is 177 cm³/mol. The third kappa shape index (κ3) is 4.59. The maximum atomic E-state index is 17.2. The van der Waals surface area contributed by atoms with Crippen molar-refractivity contribution in [3.8, 4) is 29.0 Å². The molecule has 3 fully saturated rings. The third-order valence-electron chi connectivity index (χ3n) is 10.5. The highest BCUT2D eigenvalue weighted by molar-refractivity contribution is 7.23. The quantitative estimate of drug-likeness (QED) is 0.237. The first-order valence-corrected chi connectivity index (χ1v) is 17.4. The normalized spacial score (nSPS) is 24.6. The standard InChI is InChI=1S/C34H35ClF2N6O2S/c1-18-14-34(10-5-11-42(34)16-18)17-45-33-40-28-25-29(44-13-9-19-6-3-2-4-12-43(19)32(25)41-33)26(35)24(27(28)37)20-7-8-22(36)30-23(20)21(15-38)31(39)46-30/h7-8,18-19H,2-6,9-14,16-17,39H2,1H3/t18-,19?,34?/m1/s1. The summed E-state index contributed by atoms with van der Waals surface area (Å²) < 4.78 is 45.2. The fourth-order valence-corrected chi connectivity index (χ4v) is 9.75. The van der Waals surface area contributed by atoms with Gasteiger partial charge in [-0.2, -0.15) is 15.2 Å². The number of rotatable bonds is 4. The molecule has 0 radical (unpaired) electrons. The Morgan fingerprint density at radius 2 is 2.04 bits per heavy atom. The monoisotopic (exact) mass is 664 g/mol. The fourth-order valence-electron chi connectivity index (χ4n) is 8.46. The predicted octanol–water partition coefficient (Wildman–Crippen LogP) is 7.68. The molecule has 4 aliphatic heterocycles. The van der Waals surface area contributed by atoms with Crippen LogP contribution in [0, 0.1) is 28.9 Å². The number of benzene rings is 2. The Balaban J connectivity index is 1.36. The highest BCUT2D eigenvalue weighted by Gasteiger charge is 2.48. The molecule has 3 atom stereocenters. The summed E-state index contributed by atoms with van der Waals surface area (Å²) in [4.78, 5) is 14.5. The Morgan fingerprint density at radius 3 is 2.89 bits per heavy atom. The summed E-state index contributed by atoms with van der Waals surface area (Å²) in [5.41, 5.74) is 6.40. The van der Waals surface area contributed by atoms with Gasteiger partial charge < -0.3 is 20.1 Å². The SMILES string of the molecule is C[C@H]1CN2CCCC2(COc2nc3c4c(c(Cl)c(-c5ccc(F)c6sc(N)c(C#N)c56)c(F)c4n2)OCCC2CCCCCN32)C1. The molecule has 12 heteroatoms. The van der Waals surface area contributed by atoms with E-state index >= 15 is 4.39 Å². The van der Waals surface area contributed by atoms with Crippen LogP contribution in [-0.4, -0.2) is 59.3 Å². The zero-order valence-corrected chi connectivity index (χ0v) is 27.2. The third-order valence-corrected chi connectivity index (χ3v) is 11.8. The number of nitrogen functional groups attached to an aromatic ring is 1. The Bertz CT molecular complexity index is 1930. The van der Waals surface area contributed by atoms with E-state index in [9.17, 15) is 9.65 Å². The molecule has 8 rings (SSSR count). The average molecular weight is 665 g/mol. The maximum Gasteiger partial charge on any atom is 0.319 e. The first-order chi connectivity index (χ1) is 22.3. The van der Waals surface area contributed by atoms with Gasteiger partial charge in [0.15, 0.2) is 11.6 Å². The van der Waals surface area contributed by atoms with Crippen LogP contribution in [0.25, 0.3) is 32.1 Å². The minimum atomic E-state index is -0.704.